The van der Waals surface area contributed by atoms with Crippen molar-refractivity contribution in [2.45, 2.75) is 57.4 Å². The molecule has 41 heavy (non-hydrogen) atoms. The van der Waals surface area contributed by atoms with Gasteiger partial charge in [-0.2, -0.15) is 13.2 Å². The molecule has 2 aromatic carbocycles. The molecule has 1 unspecified atom stereocenters. The number of rotatable bonds is 7. The molecular weight excluding hydrogens is 558 g/mol. The SMILES string of the molecule is C=CCC1(CC=C)C[C@H]2C(c3ccc(F)cc3C)N(C(=O)N(C)[C@H](C)c3cc(Cl)cc(C(F)(F)F)c3)CCN2C1=O. The second-order valence-corrected chi connectivity index (χ2v) is 11.5. The standard InChI is InChI=1S/C31H34ClF4N3O2/c1-6-10-30(11-7-2)18-26-27(25-9-8-24(33)14-19(25)3)39(13-12-38(26)28(30)40)29(41)37(5)20(4)21-15-22(31(34,35)36)17-23(32)16-21/h6-9,14-17,20,26-27H,1-2,10-13,18H2,3-5H3/t20-,26+,27?/m1/s1. The van der Waals surface area contributed by atoms with E-state index in [1.807, 2.05) is 0 Å². The Kier molecular flexibility index (Phi) is 8.60. The number of alkyl halides is 3. The summed E-state index contributed by atoms with van der Waals surface area (Å²) in [6.07, 6.45) is 0.176. The normalized spacial score (nSPS) is 20.9. The second kappa shape index (κ2) is 11.5. The third-order valence-corrected chi connectivity index (χ3v) is 8.69. The van der Waals surface area contributed by atoms with Gasteiger partial charge < -0.3 is 14.7 Å². The van der Waals surface area contributed by atoms with Crippen LogP contribution in [0.5, 0.6) is 0 Å². The Morgan fingerprint density at radius 2 is 1.83 bits per heavy atom. The van der Waals surface area contributed by atoms with Crippen molar-refractivity contribution in [3.05, 3.63) is 94.8 Å². The highest BCUT2D eigenvalue weighted by atomic mass is 35.5. The summed E-state index contributed by atoms with van der Waals surface area (Å²) in [5, 5.41) is -0.0822. The van der Waals surface area contributed by atoms with Crippen molar-refractivity contribution >= 4 is 23.5 Å². The molecular formula is C31H34ClF4N3O2. The van der Waals surface area contributed by atoms with Crippen molar-refractivity contribution in [1.82, 2.24) is 14.7 Å². The van der Waals surface area contributed by atoms with Gasteiger partial charge in [0.1, 0.15) is 5.82 Å². The number of piperazine rings is 1. The average molecular weight is 592 g/mol. The molecule has 2 aliphatic rings. The molecule has 2 aliphatic heterocycles. The van der Waals surface area contributed by atoms with E-state index in [9.17, 15) is 27.2 Å². The summed E-state index contributed by atoms with van der Waals surface area (Å²) < 4.78 is 54.6. The van der Waals surface area contributed by atoms with Gasteiger partial charge in [0.2, 0.25) is 5.91 Å². The smallest absolute Gasteiger partial charge is 0.335 e. The number of urea groups is 1. The van der Waals surface area contributed by atoms with Crippen LogP contribution in [0, 0.1) is 18.2 Å². The topological polar surface area (TPSA) is 43.9 Å². The first-order valence-corrected chi connectivity index (χ1v) is 13.8. The van der Waals surface area contributed by atoms with Crippen LogP contribution in [0.3, 0.4) is 0 Å². The van der Waals surface area contributed by atoms with Crippen LogP contribution in [-0.4, -0.2) is 52.8 Å². The molecule has 0 aromatic heterocycles. The van der Waals surface area contributed by atoms with Crippen LogP contribution in [-0.2, 0) is 11.0 Å². The van der Waals surface area contributed by atoms with Crippen molar-refractivity contribution in [3.63, 3.8) is 0 Å². The number of benzene rings is 2. The van der Waals surface area contributed by atoms with E-state index in [1.54, 1.807) is 41.9 Å². The van der Waals surface area contributed by atoms with Crippen LogP contribution in [0.25, 0.3) is 0 Å². The Bertz CT molecular complexity index is 1350. The number of carbonyl (C=O) groups is 2. The van der Waals surface area contributed by atoms with Gasteiger partial charge in [0, 0.05) is 25.2 Å². The molecule has 220 valence electrons. The zero-order valence-electron chi connectivity index (χ0n) is 23.3. The minimum absolute atomic E-state index is 0.0282. The zero-order valence-corrected chi connectivity index (χ0v) is 24.1. The van der Waals surface area contributed by atoms with Gasteiger partial charge in [-0.15, -0.1) is 13.2 Å². The highest BCUT2D eigenvalue weighted by Crippen LogP contribution is 2.50. The van der Waals surface area contributed by atoms with Gasteiger partial charge >= 0.3 is 12.2 Å². The minimum atomic E-state index is -4.60. The highest BCUT2D eigenvalue weighted by molar-refractivity contribution is 6.30. The molecule has 2 heterocycles. The molecule has 0 N–H and O–H groups in total. The molecule has 0 spiro atoms. The molecule has 3 amide bonds. The van der Waals surface area contributed by atoms with E-state index in [2.05, 4.69) is 13.2 Å². The Labute approximate surface area is 243 Å². The third-order valence-electron chi connectivity index (χ3n) is 8.48. The van der Waals surface area contributed by atoms with Gasteiger partial charge in [-0.25, -0.2) is 9.18 Å². The molecule has 0 radical (unpaired) electrons. The number of fused-ring (bicyclic) bond motifs is 1. The van der Waals surface area contributed by atoms with Crippen LogP contribution in [0.1, 0.15) is 60.5 Å². The van der Waals surface area contributed by atoms with E-state index in [-0.39, 0.29) is 23.0 Å². The number of carbonyl (C=O) groups excluding carboxylic acids is 2. The number of halogens is 5. The van der Waals surface area contributed by atoms with Crippen molar-refractivity contribution in [2.75, 3.05) is 20.1 Å². The molecule has 2 saturated heterocycles. The first kappa shape index (κ1) is 30.6. The fourth-order valence-electron chi connectivity index (χ4n) is 6.31. The van der Waals surface area contributed by atoms with E-state index in [0.29, 0.717) is 36.9 Å². The molecule has 3 atom stereocenters. The van der Waals surface area contributed by atoms with Crippen molar-refractivity contribution in [3.8, 4) is 0 Å². The largest absolute Gasteiger partial charge is 0.416 e. The molecule has 5 nitrogen and oxygen atoms in total. The lowest BCUT2D eigenvalue weighted by Gasteiger charge is -2.47. The summed E-state index contributed by atoms with van der Waals surface area (Å²) in [4.78, 5) is 32.7. The number of aryl methyl sites for hydroxylation is 1. The van der Waals surface area contributed by atoms with E-state index in [1.165, 1.54) is 30.1 Å². The predicted molar refractivity (Wildman–Crippen MR) is 151 cm³/mol. The Hall–Kier alpha value is -3.33. The molecule has 10 heteroatoms. The Morgan fingerprint density at radius 3 is 2.41 bits per heavy atom. The van der Waals surface area contributed by atoms with Crippen molar-refractivity contribution in [2.24, 2.45) is 5.41 Å². The lowest BCUT2D eigenvalue weighted by molar-refractivity contribution is -0.139. The molecule has 0 aliphatic carbocycles. The lowest BCUT2D eigenvalue weighted by Crippen LogP contribution is -2.57. The van der Waals surface area contributed by atoms with Crippen LogP contribution in [0.15, 0.2) is 61.7 Å². The van der Waals surface area contributed by atoms with E-state index >= 15 is 0 Å². The third kappa shape index (κ3) is 5.73. The maximum Gasteiger partial charge on any atom is 0.416 e. The summed E-state index contributed by atoms with van der Waals surface area (Å²) in [6, 6.07) is 5.46. The Balaban J connectivity index is 1.74. The molecule has 2 aromatic rings. The number of allylic oxidation sites excluding steroid dienone is 2. The molecule has 0 saturated carbocycles. The average Bonchev–Trinajstić information content (AvgIpc) is 3.18. The van der Waals surface area contributed by atoms with Crippen LogP contribution >= 0.6 is 11.6 Å². The van der Waals surface area contributed by atoms with Crippen LogP contribution < -0.4 is 0 Å². The quantitative estimate of drug-likeness (QED) is 0.244. The van der Waals surface area contributed by atoms with E-state index in [4.69, 9.17) is 11.6 Å². The van der Waals surface area contributed by atoms with Gasteiger partial charge in [-0.1, -0.05) is 29.8 Å². The lowest BCUT2D eigenvalue weighted by atomic mass is 9.76. The van der Waals surface area contributed by atoms with E-state index < -0.39 is 47.1 Å². The summed E-state index contributed by atoms with van der Waals surface area (Å²) in [5.41, 5.74) is -0.0639. The highest BCUT2D eigenvalue weighted by Gasteiger charge is 2.56. The van der Waals surface area contributed by atoms with E-state index in [0.717, 1.165) is 12.1 Å². The molecule has 4 rings (SSSR count). The number of hydrogen-bond donors (Lipinski definition) is 0. The Morgan fingerprint density at radius 1 is 1.17 bits per heavy atom. The second-order valence-electron chi connectivity index (χ2n) is 11.0. The number of nitrogens with zero attached hydrogens (tertiary/aromatic N) is 3. The van der Waals surface area contributed by atoms with Crippen molar-refractivity contribution in [1.29, 1.82) is 0 Å². The maximum absolute atomic E-state index is 14.1. The number of hydrogen-bond acceptors (Lipinski definition) is 2. The predicted octanol–water partition coefficient (Wildman–Crippen LogP) is 7.72. The molecule has 0 bridgehead atoms. The number of amides is 3. The van der Waals surface area contributed by atoms with Gasteiger partial charge in [-0.05, 0) is 80.1 Å². The van der Waals surface area contributed by atoms with Gasteiger partial charge in [-0.3, -0.25) is 4.79 Å². The van der Waals surface area contributed by atoms with Crippen LogP contribution in [0.4, 0.5) is 22.4 Å². The monoisotopic (exact) mass is 591 g/mol. The summed E-state index contributed by atoms with van der Waals surface area (Å²) in [5.74, 6) is -0.446. The fourth-order valence-corrected chi connectivity index (χ4v) is 6.56. The first-order valence-electron chi connectivity index (χ1n) is 13.4. The van der Waals surface area contributed by atoms with Gasteiger partial charge in [0.05, 0.1) is 29.1 Å². The maximum atomic E-state index is 14.1. The summed E-state index contributed by atoms with van der Waals surface area (Å²) >= 11 is 6.02. The first-order chi connectivity index (χ1) is 19.2. The summed E-state index contributed by atoms with van der Waals surface area (Å²) in [7, 11) is 1.53. The van der Waals surface area contributed by atoms with Gasteiger partial charge in [0.15, 0.2) is 0 Å². The van der Waals surface area contributed by atoms with Crippen molar-refractivity contribution < 1.29 is 27.2 Å². The summed E-state index contributed by atoms with van der Waals surface area (Å²) in [6.45, 7) is 11.6. The molecule has 2 fully saturated rings. The zero-order chi connectivity index (χ0) is 30.3. The van der Waals surface area contributed by atoms with Gasteiger partial charge in [0.25, 0.3) is 0 Å². The van der Waals surface area contributed by atoms with Crippen LogP contribution in [0.2, 0.25) is 5.02 Å². The fraction of sp³-hybridized carbons (Fsp3) is 0.419. The minimum Gasteiger partial charge on any atom is -0.335 e.